The molecule has 0 aliphatic carbocycles. The summed E-state index contributed by atoms with van der Waals surface area (Å²) in [5.74, 6) is -0.348. The third-order valence-corrected chi connectivity index (χ3v) is 4.82. The van der Waals surface area contributed by atoms with Crippen molar-refractivity contribution in [2.24, 2.45) is 0 Å². The van der Waals surface area contributed by atoms with Gasteiger partial charge < -0.3 is 4.74 Å². The molecule has 0 saturated heterocycles. The van der Waals surface area contributed by atoms with Crippen LogP contribution in [0.4, 0.5) is 10.1 Å². The lowest BCUT2D eigenvalue weighted by Crippen LogP contribution is -2.15. The maximum Gasteiger partial charge on any atom is 0.263 e. The van der Waals surface area contributed by atoms with Gasteiger partial charge in [-0.1, -0.05) is 0 Å². The van der Waals surface area contributed by atoms with Gasteiger partial charge in [-0.3, -0.25) is 4.72 Å². The number of nitrogens with one attached hydrogen (secondary N) is 1. The van der Waals surface area contributed by atoms with E-state index in [0.29, 0.717) is 6.61 Å². The topological polar surface area (TPSA) is 68.3 Å². The van der Waals surface area contributed by atoms with Crippen molar-refractivity contribution in [3.8, 4) is 5.88 Å². The van der Waals surface area contributed by atoms with Crippen LogP contribution in [0.1, 0.15) is 6.92 Å². The summed E-state index contributed by atoms with van der Waals surface area (Å²) in [5, 5.41) is 0. The number of rotatable bonds is 5. The highest BCUT2D eigenvalue weighted by Gasteiger charge is 2.20. The molecule has 0 atom stereocenters. The lowest BCUT2D eigenvalue weighted by Gasteiger charge is -2.12. The summed E-state index contributed by atoms with van der Waals surface area (Å²) >= 11 is 3.04. The fourth-order valence-electron chi connectivity index (χ4n) is 1.61. The number of anilines is 1. The molecule has 0 fully saturated rings. The number of halogens is 2. The summed E-state index contributed by atoms with van der Waals surface area (Å²) in [6.45, 7) is 2.12. The van der Waals surface area contributed by atoms with Crippen molar-refractivity contribution >= 4 is 31.6 Å². The Balaban J connectivity index is 2.38. The molecule has 112 valence electrons. The number of nitrogens with zero attached hydrogens (tertiary/aromatic N) is 1. The van der Waals surface area contributed by atoms with Crippen LogP contribution in [0.2, 0.25) is 0 Å². The first-order chi connectivity index (χ1) is 9.94. The highest BCUT2D eigenvalue weighted by Crippen LogP contribution is 2.28. The molecule has 0 aliphatic rings. The van der Waals surface area contributed by atoms with Crippen LogP contribution >= 0.6 is 15.9 Å². The second-order valence-electron chi connectivity index (χ2n) is 3.97. The molecule has 2 aromatic rings. The summed E-state index contributed by atoms with van der Waals surface area (Å²) in [4.78, 5) is 3.89. The summed E-state index contributed by atoms with van der Waals surface area (Å²) in [6, 6.07) is 6.46. The average molecular weight is 375 g/mol. The molecule has 1 aromatic heterocycles. The van der Waals surface area contributed by atoms with E-state index in [-0.39, 0.29) is 20.9 Å². The fraction of sp³-hybridized carbons (Fsp3) is 0.154. The van der Waals surface area contributed by atoms with E-state index in [1.54, 1.807) is 13.0 Å². The number of hydrogen-bond acceptors (Lipinski definition) is 4. The summed E-state index contributed by atoms with van der Waals surface area (Å²) in [5.41, 5.74) is 0.218. The molecule has 0 amide bonds. The van der Waals surface area contributed by atoms with E-state index in [0.717, 1.165) is 12.1 Å². The second-order valence-corrected chi connectivity index (χ2v) is 6.47. The van der Waals surface area contributed by atoms with Gasteiger partial charge in [-0.05, 0) is 53.2 Å². The zero-order valence-electron chi connectivity index (χ0n) is 11.0. The molecule has 1 heterocycles. The average Bonchev–Trinajstić information content (AvgIpc) is 2.40. The van der Waals surface area contributed by atoms with E-state index in [4.69, 9.17) is 4.74 Å². The molecule has 5 nitrogen and oxygen atoms in total. The quantitative estimate of drug-likeness (QED) is 0.872. The van der Waals surface area contributed by atoms with Gasteiger partial charge in [-0.15, -0.1) is 0 Å². The number of pyridine rings is 1. The first kappa shape index (κ1) is 15.7. The summed E-state index contributed by atoms with van der Waals surface area (Å²) in [7, 11) is -3.89. The smallest absolute Gasteiger partial charge is 0.263 e. The van der Waals surface area contributed by atoms with Gasteiger partial charge in [0.25, 0.3) is 10.0 Å². The zero-order chi connectivity index (χ0) is 15.5. The van der Waals surface area contributed by atoms with Crippen LogP contribution in [0, 0.1) is 5.82 Å². The van der Waals surface area contributed by atoms with E-state index >= 15 is 0 Å². The van der Waals surface area contributed by atoms with Crippen molar-refractivity contribution < 1.29 is 17.5 Å². The molecule has 1 N–H and O–H groups in total. The molecule has 1 aromatic carbocycles. The number of sulfonamides is 1. The van der Waals surface area contributed by atoms with E-state index in [9.17, 15) is 12.8 Å². The molecule has 0 spiro atoms. The van der Waals surface area contributed by atoms with Gasteiger partial charge in [0.2, 0.25) is 5.88 Å². The van der Waals surface area contributed by atoms with Gasteiger partial charge in [0.05, 0.1) is 6.61 Å². The van der Waals surface area contributed by atoms with Crippen molar-refractivity contribution in [2.45, 2.75) is 11.8 Å². The largest absolute Gasteiger partial charge is 0.476 e. The van der Waals surface area contributed by atoms with Gasteiger partial charge in [0.15, 0.2) is 0 Å². The van der Waals surface area contributed by atoms with Gasteiger partial charge in [0, 0.05) is 10.7 Å². The number of benzene rings is 1. The molecule has 0 bridgehead atoms. The number of ether oxygens (including phenoxy) is 1. The van der Waals surface area contributed by atoms with Crippen LogP contribution in [-0.4, -0.2) is 20.0 Å². The minimum Gasteiger partial charge on any atom is -0.476 e. The molecule has 8 heteroatoms. The third kappa shape index (κ3) is 3.70. The van der Waals surface area contributed by atoms with E-state index in [1.807, 2.05) is 0 Å². The molecule has 0 unspecified atom stereocenters. The molecular weight excluding hydrogens is 363 g/mol. The van der Waals surface area contributed by atoms with Gasteiger partial charge in [-0.2, -0.15) is 0 Å². The van der Waals surface area contributed by atoms with Gasteiger partial charge >= 0.3 is 0 Å². The first-order valence-electron chi connectivity index (χ1n) is 5.99. The Kier molecular flexibility index (Phi) is 4.79. The maximum absolute atomic E-state index is 13.1. The van der Waals surface area contributed by atoms with Gasteiger partial charge in [0.1, 0.15) is 16.4 Å². The minimum absolute atomic E-state index is 0.0739. The second kappa shape index (κ2) is 6.40. The Morgan fingerprint density at radius 2 is 2.14 bits per heavy atom. The normalized spacial score (nSPS) is 11.2. The van der Waals surface area contributed by atoms with E-state index < -0.39 is 15.8 Å². The molecule has 0 radical (unpaired) electrons. The van der Waals surface area contributed by atoms with Crippen LogP contribution in [0.3, 0.4) is 0 Å². The summed E-state index contributed by atoms with van der Waals surface area (Å²) in [6.07, 6.45) is 1.50. The Morgan fingerprint density at radius 3 is 2.81 bits per heavy atom. The van der Waals surface area contributed by atoms with Crippen LogP contribution in [-0.2, 0) is 10.0 Å². The predicted molar refractivity (Wildman–Crippen MR) is 80.3 cm³/mol. The van der Waals surface area contributed by atoms with Crippen LogP contribution < -0.4 is 9.46 Å². The number of aromatic nitrogens is 1. The van der Waals surface area contributed by atoms with Gasteiger partial charge in [-0.25, -0.2) is 17.8 Å². The Labute approximate surface area is 130 Å². The highest BCUT2D eigenvalue weighted by molar-refractivity contribution is 9.10. The molecule has 21 heavy (non-hydrogen) atoms. The number of hydrogen-bond donors (Lipinski definition) is 1. The molecule has 0 aliphatic heterocycles. The predicted octanol–water partition coefficient (Wildman–Crippen LogP) is 3.18. The lowest BCUT2D eigenvalue weighted by molar-refractivity contribution is 0.329. The molecule has 2 rings (SSSR count). The fourth-order valence-corrected chi connectivity index (χ4v) is 3.72. The van der Waals surface area contributed by atoms with Crippen molar-refractivity contribution in [3.63, 3.8) is 0 Å². The van der Waals surface area contributed by atoms with Crippen molar-refractivity contribution in [1.82, 2.24) is 4.98 Å². The SMILES string of the molecule is CCOc1ncccc1NS(=O)(=O)c1ccc(F)cc1Br. The first-order valence-corrected chi connectivity index (χ1v) is 8.27. The Bertz CT molecular complexity index is 753. The zero-order valence-corrected chi connectivity index (χ0v) is 13.4. The standard InChI is InChI=1S/C13H12BrFN2O3S/c1-2-20-13-11(4-3-7-16-13)17-21(18,19)12-6-5-9(15)8-10(12)14/h3-8,17H,2H2,1H3. The minimum atomic E-state index is -3.89. The maximum atomic E-state index is 13.1. The lowest BCUT2D eigenvalue weighted by atomic mass is 10.3. The highest BCUT2D eigenvalue weighted by atomic mass is 79.9. The van der Waals surface area contributed by atoms with Crippen LogP contribution in [0.15, 0.2) is 45.9 Å². The monoisotopic (exact) mass is 374 g/mol. The van der Waals surface area contributed by atoms with Crippen LogP contribution in [0.25, 0.3) is 0 Å². The Hall–Kier alpha value is -1.67. The van der Waals surface area contributed by atoms with Crippen molar-refractivity contribution in [2.75, 3.05) is 11.3 Å². The molecular formula is C13H12BrFN2O3S. The van der Waals surface area contributed by atoms with E-state index in [1.165, 1.54) is 18.3 Å². The van der Waals surface area contributed by atoms with Crippen molar-refractivity contribution in [1.29, 1.82) is 0 Å². The Morgan fingerprint density at radius 1 is 1.38 bits per heavy atom. The van der Waals surface area contributed by atoms with Crippen molar-refractivity contribution in [3.05, 3.63) is 46.8 Å². The molecule has 0 saturated carbocycles. The third-order valence-electron chi connectivity index (χ3n) is 2.48. The van der Waals surface area contributed by atoms with E-state index in [2.05, 4.69) is 25.6 Å². The van der Waals surface area contributed by atoms with Crippen LogP contribution in [0.5, 0.6) is 5.88 Å². The summed E-state index contributed by atoms with van der Waals surface area (Å²) < 4.78 is 45.5.